The van der Waals surface area contributed by atoms with E-state index in [-0.39, 0.29) is 10.0 Å². The lowest BCUT2D eigenvalue weighted by Crippen LogP contribution is -2.31. The van der Waals surface area contributed by atoms with E-state index in [9.17, 15) is 14.0 Å². The standard InChI is InChI=1S/C14H15BrFNO4/c1-20-5-6-21-4-2-3-17-12-8-11(16)10(15)7-9(12)13(18)14(17)19/h7-8H,2-6H2,1H3. The fraction of sp³-hybridized carbons (Fsp3) is 0.429. The summed E-state index contributed by atoms with van der Waals surface area (Å²) in [6.07, 6.45) is 0.555. The molecule has 1 aliphatic heterocycles. The van der Waals surface area contributed by atoms with Crippen molar-refractivity contribution in [2.75, 3.05) is 38.4 Å². The Hall–Kier alpha value is -1.31. The first-order valence-corrected chi connectivity index (χ1v) is 7.27. The Morgan fingerprint density at radius 1 is 1.24 bits per heavy atom. The van der Waals surface area contributed by atoms with Gasteiger partial charge in [-0.1, -0.05) is 0 Å². The highest BCUT2D eigenvalue weighted by Gasteiger charge is 2.36. The van der Waals surface area contributed by atoms with Gasteiger partial charge in [-0.25, -0.2) is 4.39 Å². The number of carbonyl (C=O) groups is 2. The normalized spacial score (nSPS) is 14.0. The van der Waals surface area contributed by atoms with Gasteiger partial charge in [-0.3, -0.25) is 9.59 Å². The van der Waals surface area contributed by atoms with Crippen LogP contribution >= 0.6 is 15.9 Å². The minimum atomic E-state index is -0.626. The SMILES string of the molecule is COCCOCCCN1C(=O)C(=O)c2cc(Br)c(F)cc21. The summed E-state index contributed by atoms with van der Waals surface area (Å²) in [4.78, 5) is 25.1. The molecule has 0 fully saturated rings. The lowest BCUT2D eigenvalue weighted by atomic mass is 10.1. The molecule has 1 aromatic carbocycles. The summed E-state index contributed by atoms with van der Waals surface area (Å²) in [6.45, 7) is 1.73. The molecule has 1 aliphatic rings. The molecule has 0 aromatic heterocycles. The molecule has 1 amide bonds. The zero-order chi connectivity index (χ0) is 15.4. The van der Waals surface area contributed by atoms with Crippen LogP contribution in [0.2, 0.25) is 0 Å². The van der Waals surface area contributed by atoms with Crippen molar-refractivity contribution < 1.29 is 23.5 Å². The first kappa shape index (κ1) is 16.1. The lowest BCUT2D eigenvalue weighted by Gasteiger charge is -2.16. The molecule has 0 radical (unpaired) electrons. The predicted octanol–water partition coefficient (Wildman–Crippen LogP) is 2.17. The molecular weight excluding hydrogens is 345 g/mol. The maximum Gasteiger partial charge on any atom is 0.299 e. The van der Waals surface area contributed by atoms with Crippen LogP contribution in [0.4, 0.5) is 10.1 Å². The van der Waals surface area contributed by atoms with E-state index in [1.54, 1.807) is 7.11 Å². The van der Waals surface area contributed by atoms with Crippen molar-refractivity contribution in [1.29, 1.82) is 0 Å². The topological polar surface area (TPSA) is 55.8 Å². The molecule has 0 saturated carbocycles. The first-order valence-electron chi connectivity index (χ1n) is 6.48. The summed E-state index contributed by atoms with van der Waals surface area (Å²) in [5.74, 6) is -1.73. The number of rotatable bonds is 7. The number of benzene rings is 1. The van der Waals surface area contributed by atoms with Gasteiger partial charge in [0.15, 0.2) is 0 Å². The van der Waals surface area contributed by atoms with Crippen LogP contribution in [0.25, 0.3) is 0 Å². The number of halogens is 2. The number of carbonyl (C=O) groups excluding carboxylic acids is 2. The fourth-order valence-electron chi connectivity index (χ4n) is 2.08. The van der Waals surface area contributed by atoms with Gasteiger partial charge in [0.2, 0.25) is 0 Å². The van der Waals surface area contributed by atoms with Gasteiger partial charge in [0.1, 0.15) is 5.82 Å². The van der Waals surface area contributed by atoms with E-state index < -0.39 is 17.5 Å². The zero-order valence-corrected chi connectivity index (χ0v) is 13.1. The second-order valence-corrected chi connectivity index (χ2v) is 5.38. The van der Waals surface area contributed by atoms with Crippen LogP contribution in [0.15, 0.2) is 16.6 Å². The molecule has 5 nitrogen and oxygen atoms in total. The summed E-state index contributed by atoms with van der Waals surface area (Å²) >= 11 is 3.02. The van der Waals surface area contributed by atoms with Crippen molar-refractivity contribution in [3.8, 4) is 0 Å². The second kappa shape index (κ2) is 7.11. The van der Waals surface area contributed by atoms with Crippen molar-refractivity contribution in [3.63, 3.8) is 0 Å². The molecule has 114 valence electrons. The Bertz CT molecular complexity index is 564. The average molecular weight is 360 g/mol. The maximum absolute atomic E-state index is 13.6. The molecule has 0 atom stereocenters. The molecular formula is C14H15BrFNO4. The molecule has 0 bridgehead atoms. The van der Waals surface area contributed by atoms with E-state index in [4.69, 9.17) is 9.47 Å². The quantitative estimate of drug-likeness (QED) is 0.553. The Labute approximate surface area is 130 Å². The number of hydrogen-bond acceptors (Lipinski definition) is 4. The van der Waals surface area contributed by atoms with Crippen molar-refractivity contribution in [1.82, 2.24) is 0 Å². The van der Waals surface area contributed by atoms with E-state index in [0.717, 1.165) is 0 Å². The number of hydrogen-bond donors (Lipinski definition) is 0. The molecule has 0 aliphatic carbocycles. The number of anilines is 1. The van der Waals surface area contributed by atoms with E-state index in [2.05, 4.69) is 15.9 Å². The van der Waals surface area contributed by atoms with Crippen molar-refractivity contribution in [2.24, 2.45) is 0 Å². The lowest BCUT2D eigenvalue weighted by molar-refractivity contribution is -0.114. The third-order valence-electron chi connectivity index (χ3n) is 3.12. The second-order valence-electron chi connectivity index (χ2n) is 4.53. The molecule has 1 heterocycles. The van der Waals surface area contributed by atoms with Gasteiger partial charge < -0.3 is 14.4 Å². The summed E-state index contributed by atoms with van der Waals surface area (Å²) < 4.78 is 23.9. The van der Waals surface area contributed by atoms with Crippen molar-refractivity contribution >= 4 is 33.3 Å². The molecule has 21 heavy (non-hydrogen) atoms. The van der Waals surface area contributed by atoms with Gasteiger partial charge in [0.25, 0.3) is 11.7 Å². The third-order valence-corrected chi connectivity index (χ3v) is 3.72. The predicted molar refractivity (Wildman–Crippen MR) is 78.1 cm³/mol. The highest BCUT2D eigenvalue weighted by Crippen LogP contribution is 2.33. The van der Waals surface area contributed by atoms with E-state index in [0.29, 0.717) is 38.5 Å². The minimum absolute atomic E-state index is 0.173. The summed E-state index contributed by atoms with van der Waals surface area (Å²) in [5.41, 5.74) is 0.552. The van der Waals surface area contributed by atoms with Crippen LogP contribution in [0, 0.1) is 5.82 Å². The molecule has 0 unspecified atom stereocenters. The highest BCUT2D eigenvalue weighted by molar-refractivity contribution is 9.10. The average Bonchev–Trinajstić information content (AvgIpc) is 2.68. The van der Waals surface area contributed by atoms with Gasteiger partial charge in [0.05, 0.1) is 28.9 Å². The number of ketones is 1. The molecule has 2 rings (SSSR count). The number of amides is 1. The van der Waals surface area contributed by atoms with E-state index in [1.807, 2.05) is 0 Å². The van der Waals surface area contributed by atoms with E-state index in [1.165, 1.54) is 17.0 Å². The maximum atomic E-state index is 13.6. The number of nitrogens with zero attached hydrogens (tertiary/aromatic N) is 1. The number of Topliss-reactive ketones (excluding diaryl/α,β-unsaturated/α-hetero) is 1. The van der Waals surface area contributed by atoms with Crippen LogP contribution < -0.4 is 4.90 Å². The van der Waals surface area contributed by atoms with Gasteiger partial charge in [-0.05, 0) is 34.5 Å². The smallest absolute Gasteiger partial charge is 0.299 e. The molecule has 0 saturated heterocycles. The Balaban J connectivity index is 2.00. The minimum Gasteiger partial charge on any atom is -0.382 e. The largest absolute Gasteiger partial charge is 0.382 e. The summed E-state index contributed by atoms with van der Waals surface area (Å²) in [7, 11) is 1.58. The number of methoxy groups -OCH3 is 1. The molecule has 1 aromatic rings. The van der Waals surface area contributed by atoms with Crippen molar-refractivity contribution in [3.05, 3.63) is 28.0 Å². The van der Waals surface area contributed by atoms with Gasteiger partial charge in [0, 0.05) is 20.3 Å². The summed E-state index contributed by atoms with van der Waals surface area (Å²) in [6, 6.07) is 2.55. The molecule has 0 N–H and O–H groups in total. The highest BCUT2D eigenvalue weighted by atomic mass is 79.9. The van der Waals surface area contributed by atoms with E-state index >= 15 is 0 Å². The van der Waals surface area contributed by atoms with Crippen LogP contribution in [-0.2, 0) is 14.3 Å². The zero-order valence-electron chi connectivity index (χ0n) is 11.5. The Morgan fingerprint density at radius 3 is 2.71 bits per heavy atom. The van der Waals surface area contributed by atoms with Gasteiger partial charge in [-0.15, -0.1) is 0 Å². The monoisotopic (exact) mass is 359 g/mol. The Morgan fingerprint density at radius 2 is 2.00 bits per heavy atom. The van der Waals surface area contributed by atoms with Crippen LogP contribution in [0.5, 0.6) is 0 Å². The van der Waals surface area contributed by atoms with Crippen molar-refractivity contribution in [2.45, 2.75) is 6.42 Å². The first-order chi connectivity index (χ1) is 10.1. The Kier molecular flexibility index (Phi) is 5.44. The van der Waals surface area contributed by atoms with Gasteiger partial charge in [-0.2, -0.15) is 0 Å². The van der Waals surface area contributed by atoms with Crippen LogP contribution in [0.3, 0.4) is 0 Å². The fourth-order valence-corrected chi connectivity index (χ4v) is 2.42. The molecule has 7 heteroatoms. The third kappa shape index (κ3) is 3.48. The summed E-state index contributed by atoms with van der Waals surface area (Å²) in [5, 5.41) is 0. The number of fused-ring (bicyclic) bond motifs is 1. The number of ether oxygens (including phenoxy) is 2. The molecule has 0 spiro atoms. The van der Waals surface area contributed by atoms with Crippen LogP contribution in [0.1, 0.15) is 16.8 Å². The van der Waals surface area contributed by atoms with Crippen LogP contribution in [-0.4, -0.2) is 45.2 Å². The van der Waals surface area contributed by atoms with Gasteiger partial charge >= 0.3 is 0 Å².